The Bertz CT molecular complexity index is 548. The summed E-state index contributed by atoms with van der Waals surface area (Å²) in [5, 5.41) is 0.588. The highest BCUT2D eigenvalue weighted by Gasteiger charge is 2.03. The lowest BCUT2D eigenvalue weighted by Gasteiger charge is -2.07. The van der Waals surface area contributed by atoms with Crippen molar-refractivity contribution in [3.63, 3.8) is 0 Å². The summed E-state index contributed by atoms with van der Waals surface area (Å²) in [6, 6.07) is 7.27. The van der Waals surface area contributed by atoms with E-state index in [1.165, 1.54) is 11.1 Å². The van der Waals surface area contributed by atoms with Crippen molar-refractivity contribution in [1.29, 1.82) is 0 Å². The molecule has 0 aliphatic heterocycles. The summed E-state index contributed by atoms with van der Waals surface area (Å²) in [6.07, 6.45) is 4.64. The largest absolute Gasteiger partial charge is 0.409 e. The van der Waals surface area contributed by atoms with Gasteiger partial charge < -0.3 is 4.84 Å². The standard InChI is InChI=1S/C13H16N2O2/c1-2-3-6-9-17-15-10-14-12-8-5-4-7-11(12)13(15)16/h4-5,7-8,10H,2-3,6,9H2,1H3. The van der Waals surface area contributed by atoms with Gasteiger partial charge in [-0.05, 0) is 18.6 Å². The van der Waals surface area contributed by atoms with Crippen molar-refractivity contribution in [2.45, 2.75) is 26.2 Å². The van der Waals surface area contributed by atoms with Gasteiger partial charge in [0.25, 0.3) is 5.56 Å². The minimum atomic E-state index is -0.146. The second kappa shape index (κ2) is 5.48. The van der Waals surface area contributed by atoms with Crippen molar-refractivity contribution in [1.82, 2.24) is 9.71 Å². The molecule has 1 aromatic heterocycles. The Hall–Kier alpha value is -1.84. The number of para-hydroxylation sites is 1. The van der Waals surface area contributed by atoms with Gasteiger partial charge in [-0.1, -0.05) is 31.9 Å². The summed E-state index contributed by atoms with van der Waals surface area (Å²) in [4.78, 5) is 21.6. The zero-order valence-electron chi connectivity index (χ0n) is 9.93. The normalized spacial score (nSPS) is 10.6. The molecular weight excluding hydrogens is 216 g/mol. The Morgan fingerprint density at radius 3 is 2.94 bits per heavy atom. The first-order valence-corrected chi connectivity index (χ1v) is 5.92. The van der Waals surface area contributed by atoms with E-state index in [1.807, 2.05) is 18.2 Å². The molecule has 0 bridgehead atoms. The predicted octanol–water partition coefficient (Wildman–Crippen LogP) is 2.02. The highest BCUT2D eigenvalue weighted by molar-refractivity contribution is 5.76. The quantitative estimate of drug-likeness (QED) is 0.741. The number of unbranched alkanes of at least 4 members (excludes halogenated alkanes) is 2. The van der Waals surface area contributed by atoms with Crippen molar-refractivity contribution >= 4 is 10.9 Å². The van der Waals surface area contributed by atoms with Gasteiger partial charge in [-0.2, -0.15) is 0 Å². The van der Waals surface area contributed by atoms with E-state index in [9.17, 15) is 4.79 Å². The number of hydrogen-bond donors (Lipinski definition) is 0. The number of hydrogen-bond acceptors (Lipinski definition) is 3. The van der Waals surface area contributed by atoms with E-state index in [0.29, 0.717) is 17.5 Å². The Morgan fingerprint density at radius 1 is 1.29 bits per heavy atom. The number of rotatable bonds is 5. The lowest BCUT2D eigenvalue weighted by molar-refractivity contribution is 0.0974. The number of nitrogens with zero attached hydrogens (tertiary/aromatic N) is 2. The van der Waals surface area contributed by atoms with Crippen LogP contribution in [0.15, 0.2) is 35.4 Å². The SMILES string of the molecule is CCCCCOn1cnc2ccccc2c1=O. The molecule has 90 valence electrons. The van der Waals surface area contributed by atoms with Crippen molar-refractivity contribution in [3.05, 3.63) is 40.9 Å². The lowest BCUT2D eigenvalue weighted by Crippen LogP contribution is -2.27. The van der Waals surface area contributed by atoms with Crippen molar-refractivity contribution in [2.75, 3.05) is 6.61 Å². The van der Waals surface area contributed by atoms with Gasteiger partial charge in [0.2, 0.25) is 0 Å². The van der Waals surface area contributed by atoms with Crippen LogP contribution in [0.5, 0.6) is 0 Å². The molecule has 2 aromatic rings. The molecule has 17 heavy (non-hydrogen) atoms. The minimum Gasteiger partial charge on any atom is -0.409 e. The van der Waals surface area contributed by atoms with Crippen LogP contribution in [0.1, 0.15) is 26.2 Å². The Balaban J connectivity index is 2.18. The molecule has 4 nitrogen and oxygen atoms in total. The molecule has 0 saturated heterocycles. The molecule has 0 radical (unpaired) electrons. The second-order valence-corrected chi connectivity index (χ2v) is 3.93. The van der Waals surface area contributed by atoms with Crippen LogP contribution in [-0.4, -0.2) is 16.3 Å². The first-order chi connectivity index (χ1) is 8.33. The van der Waals surface area contributed by atoms with Crippen molar-refractivity contribution < 1.29 is 4.84 Å². The number of benzene rings is 1. The second-order valence-electron chi connectivity index (χ2n) is 3.93. The molecule has 4 heteroatoms. The fraction of sp³-hybridized carbons (Fsp3) is 0.385. The van der Waals surface area contributed by atoms with Gasteiger partial charge >= 0.3 is 0 Å². The molecular formula is C13H16N2O2. The molecule has 0 amide bonds. The monoisotopic (exact) mass is 232 g/mol. The Morgan fingerprint density at radius 2 is 2.12 bits per heavy atom. The van der Waals surface area contributed by atoms with E-state index >= 15 is 0 Å². The van der Waals surface area contributed by atoms with Crippen molar-refractivity contribution in [3.8, 4) is 0 Å². The lowest BCUT2D eigenvalue weighted by atomic mass is 10.2. The van der Waals surface area contributed by atoms with Gasteiger partial charge in [-0.25, -0.2) is 4.98 Å². The van der Waals surface area contributed by atoms with E-state index in [0.717, 1.165) is 19.3 Å². The summed E-state index contributed by atoms with van der Waals surface area (Å²) in [6.45, 7) is 2.68. The molecule has 0 aliphatic carbocycles. The van der Waals surface area contributed by atoms with Crippen LogP contribution in [0.25, 0.3) is 10.9 Å². The van der Waals surface area contributed by atoms with Gasteiger partial charge in [0, 0.05) is 0 Å². The zero-order valence-corrected chi connectivity index (χ0v) is 9.93. The van der Waals surface area contributed by atoms with Crippen LogP contribution in [0.2, 0.25) is 0 Å². The van der Waals surface area contributed by atoms with Crippen LogP contribution in [0.4, 0.5) is 0 Å². The molecule has 0 saturated carbocycles. The van der Waals surface area contributed by atoms with Crippen LogP contribution < -0.4 is 10.4 Å². The third kappa shape index (κ3) is 2.64. The van der Waals surface area contributed by atoms with E-state index in [-0.39, 0.29) is 5.56 Å². The number of fused-ring (bicyclic) bond motifs is 1. The smallest absolute Gasteiger partial charge is 0.293 e. The first kappa shape index (κ1) is 11.6. The summed E-state index contributed by atoms with van der Waals surface area (Å²) in [7, 11) is 0. The Kier molecular flexibility index (Phi) is 3.75. The van der Waals surface area contributed by atoms with Crippen LogP contribution >= 0.6 is 0 Å². The maximum absolute atomic E-state index is 12.0. The molecule has 2 rings (SSSR count). The molecule has 0 aliphatic rings. The average Bonchev–Trinajstić information content (AvgIpc) is 2.37. The molecule has 0 fully saturated rings. The van der Waals surface area contributed by atoms with Gasteiger partial charge in [-0.3, -0.25) is 4.79 Å². The highest BCUT2D eigenvalue weighted by Crippen LogP contribution is 2.04. The van der Waals surface area contributed by atoms with E-state index < -0.39 is 0 Å². The van der Waals surface area contributed by atoms with Crippen LogP contribution in [0.3, 0.4) is 0 Å². The number of aromatic nitrogens is 2. The van der Waals surface area contributed by atoms with Gasteiger partial charge in [0.15, 0.2) is 0 Å². The summed E-state index contributed by atoms with van der Waals surface area (Å²) >= 11 is 0. The molecule has 0 N–H and O–H groups in total. The summed E-state index contributed by atoms with van der Waals surface area (Å²) in [5.41, 5.74) is 0.554. The maximum atomic E-state index is 12.0. The first-order valence-electron chi connectivity index (χ1n) is 5.92. The molecule has 0 unspecified atom stereocenters. The predicted molar refractivity (Wildman–Crippen MR) is 67.0 cm³/mol. The fourth-order valence-electron chi connectivity index (χ4n) is 1.66. The van der Waals surface area contributed by atoms with E-state index in [4.69, 9.17) is 4.84 Å². The van der Waals surface area contributed by atoms with E-state index in [2.05, 4.69) is 11.9 Å². The molecule has 1 heterocycles. The van der Waals surface area contributed by atoms with Crippen LogP contribution in [0, 0.1) is 0 Å². The average molecular weight is 232 g/mol. The summed E-state index contributed by atoms with van der Waals surface area (Å²) < 4.78 is 1.22. The van der Waals surface area contributed by atoms with E-state index in [1.54, 1.807) is 6.07 Å². The van der Waals surface area contributed by atoms with Crippen molar-refractivity contribution in [2.24, 2.45) is 0 Å². The molecule has 0 spiro atoms. The van der Waals surface area contributed by atoms with Gasteiger partial charge in [-0.15, -0.1) is 4.73 Å². The summed E-state index contributed by atoms with van der Waals surface area (Å²) in [5.74, 6) is 0. The third-order valence-electron chi connectivity index (χ3n) is 2.61. The molecule has 0 atom stereocenters. The maximum Gasteiger partial charge on any atom is 0.293 e. The minimum absolute atomic E-state index is 0.146. The van der Waals surface area contributed by atoms with Crippen LogP contribution in [-0.2, 0) is 0 Å². The Labute approximate surface area is 99.8 Å². The van der Waals surface area contributed by atoms with Gasteiger partial charge in [0.05, 0.1) is 10.9 Å². The topological polar surface area (TPSA) is 44.1 Å². The zero-order chi connectivity index (χ0) is 12.1. The molecule has 1 aromatic carbocycles. The fourth-order valence-corrected chi connectivity index (χ4v) is 1.66. The van der Waals surface area contributed by atoms with Gasteiger partial charge in [0.1, 0.15) is 12.9 Å². The highest BCUT2D eigenvalue weighted by atomic mass is 16.7. The third-order valence-corrected chi connectivity index (χ3v) is 2.61.